The van der Waals surface area contributed by atoms with Crippen LogP contribution in [0.1, 0.15) is 71.2 Å². The van der Waals surface area contributed by atoms with Crippen LogP contribution in [-0.2, 0) is 4.79 Å². The highest BCUT2D eigenvalue weighted by Crippen LogP contribution is 2.44. The number of likely N-dealkylation sites (tertiary alicyclic amines) is 1. The number of halogens is 1. The van der Waals surface area contributed by atoms with Crippen LogP contribution in [0, 0.1) is 17.2 Å². The number of anilines is 1. The first-order chi connectivity index (χ1) is 18.5. The molecule has 0 aliphatic carbocycles. The lowest BCUT2D eigenvalue weighted by Crippen LogP contribution is -2.62. The Morgan fingerprint density at radius 2 is 1.92 bits per heavy atom. The normalized spacial score (nSPS) is 17.5. The molecule has 0 radical (unpaired) electrons. The number of ketones is 1. The standard InChI is InChI=1S/C29H41FN6O3/c1-7-36(20(4)5)28(38)23-14-22(30)9-11-25(23)39-27-26(31-18-32-33-27)34-13-12-29(15-34)16-35(17-29)24(19(2)3)10-8-21(6)37/h9,11,14,18-20,24H,7-8,10,12-13,15-17H2,1-6H3. The molecule has 2 aromatic rings. The highest BCUT2D eigenvalue weighted by atomic mass is 19.1. The second-order valence-electron chi connectivity index (χ2n) is 11.6. The molecular weight excluding hydrogens is 499 g/mol. The summed E-state index contributed by atoms with van der Waals surface area (Å²) in [5, 5.41) is 8.13. The molecule has 1 aromatic carbocycles. The predicted molar refractivity (Wildman–Crippen MR) is 148 cm³/mol. The number of hydrogen-bond donors (Lipinski definition) is 0. The van der Waals surface area contributed by atoms with Crippen molar-refractivity contribution in [3.8, 4) is 11.6 Å². The number of rotatable bonds is 11. The van der Waals surface area contributed by atoms with Gasteiger partial charge in [-0.2, -0.15) is 0 Å². The molecule has 2 aliphatic rings. The van der Waals surface area contributed by atoms with Crippen LogP contribution in [0.3, 0.4) is 0 Å². The lowest BCUT2D eigenvalue weighted by molar-refractivity contribution is -0.117. The van der Waals surface area contributed by atoms with Crippen LogP contribution in [-0.4, -0.2) is 81.5 Å². The van der Waals surface area contributed by atoms with Gasteiger partial charge in [-0.25, -0.2) is 9.37 Å². The third kappa shape index (κ3) is 6.37. The van der Waals surface area contributed by atoms with Crippen molar-refractivity contribution < 1.29 is 18.7 Å². The first-order valence-electron chi connectivity index (χ1n) is 14.0. The monoisotopic (exact) mass is 540 g/mol. The number of benzene rings is 1. The van der Waals surface area contributed by atoms with Crippen LogP contribution in [0.15, 0.2) is 24.5 Å². The van der Waals surface area contributed by atoms with Gasteiger partial charge in [0.25, 0.3) is 11.8 Å². The zero-order valence-corrected chi connectivity index (χ0v) is 24.0. The van der Waals surface area contributed by atoms with E-state index in [0.29, 0.717) is 30.7 Å². The van der Waals surface area contributed by atoms with Gasteiger partial charge in [0.05, 0.1) is 5.56 Å². The van der Waals surface area contributed by atoms with Crippen LogP contribution in [0.5, 0.6) is 11.6 Å². The molecule has 1 atom stereocenters. The van der Waals surface area contributed by atoms with Gasteiger partial charge < -0.3 is 19.3 Å². The van der Waals surface area contributed by atoms with E-state index in [2.05, 4.69) is 38.8 Å². The van der Waals surface area contributed by atoms with Crippen molar-refractivity contribution in [3.63, 3.8) is 0 Å². The first kappa shape index (κ1) is 28.9. The van der Waals surface area contributed by atoms with Crippen molar-refractivity contribution in [2.45, 2.75) is 72.9 Å². The van der Waals surface area contributed by atoms with E-state index in [4.69, 9.17) is 4.74 Å². The minimum atomic E-state index is -0.512. The fourth-order valence-electron chi connectivity index (χ4n) is 6.01. The number of amides is 1. The van der Waals surface area contributed by atoms with Crippen LogP contribution in [0.4, 0.5) is 10.2 Å². The second-order valence-corrected chi connectivity index (χ2v) is 11.6. The Hall–Kier alpha value is -3.14. The maximum Gasteiger partial charge on any atom is 0.282 e. The van der Waals surface area contributed by atoms with E-state index >= 15 is 0 Å². The largest absolute Gasteiger partial charge is 0.434 e. The smallest absolute Gasteiger partial charge is 0.282 e. The molecule has 2 aliphatic heterocycles. The minimum Gasteiger partial charge on any atom is -0.434 e. The number of carbonyl (C=O) groups is 2. The van der Waals surface area contributed by atoms with E-state index in [9.17, 15) is 14.0 Å². The maximum absolute atomic E-state index is 14.2. The summed E-state index contributed by atoms with van der Waals surface area (Å²) >= 11 is 0. The van der Waals surface area contributed by atoms with Crippen LogP contribution in [0.2, 0.25) is 0 Å². The van der Waals surface area contributed by atoms with E-state index in [-0.39, 0.29) is 40.3 Å². The predicted octanol–water partition coefficient (Wildman–Crippen LogP) is 4.58. The lowest BCUT2D eigenvalue weighted by atomic mass is 9.76. The van der Waals surface area contributed by atoms with Crippen molar-refractivity contribution in [1.29, 1.82) is 0 Å². The highest BCUT2D eigenvalue weighted by molar-refractivity contribution is 5.97. The number of hydrogen-bond acceptors (Lipinski definition) is 8. The van der Waals surface area contributed by atoms with E-state index in [1.807, 2.05) is 20.8 Å². The summed E-state index contributed by atoms with van der Waals surface area (Å²) in [6.45, 7) is 15.9. The molecule has 0 bridgehead atoms. The van der Waals surface area contributed by atoms with Gasteiger partial charge in [0.15, 0.2) is 5.82 Å². The number of ether oxygens (including phenoxy) is 1. The topological polar surface area (TPSA) is 91.8 Å². The molecule has 1 spiro atoms. The van der Waals surface area contributed by atoms with E-state index in [1.165, 1.54) is 24.5 Å². The number of carbonyl (C=O) groups excluding carboxylic acids is 2. The molecule has 9 nitrogen and oxygen atoms in total. The van der Waals surface area contributed by atoms with E-state index in [1.54, 1.807) is 11.8 Å². The van der Waals surface area contributed by atoms with Crippen molar-refractivity contribution in [3.05, 3.63) is 35.9 Å². The molecule has 10 heteroatoms. The molecule has 39 heavy (non-hydrogen) atoms. The van der Waals surface area contributed by atoms with E-state index < -0.39 is 5.82 Å². The third-order valence-corrected chi connectivity index (χ3v) is 8.02. The van der Waals surface area contributed by atoms with Gasteiger partial charge >= 0.3 is 0 Å². The molecule has 1 unspecified atom stereocenters. The molecule has 4 rings (SSSR count). The fraction of sp³-hybridized carbons (Fsp3) is 0.621. The van der Waals surface area contributed by atoms with Gasteiger partial charge in [-0.15, -0.1) is 10.2 Å². The van der Waals surface area contributed by atoms with Crippen LogP contribution < -0.4 is 9.64 Å². The summed E-state index contributed by atoms with van der Waals surface area (Å²) in [5.74, 6) is 0.887. The lowest BCUT2D eigenvalue weighted by Gasteiger charge is -2.52. The molecular formula is C29H41FN6O3. The molecule has 2 fully saturated rings. The summed E-state index contributed by atoms with van der Waals surface area (Å²) < 4.78 is 20.3. The third-order valence-electron chi connectivity index (χ3n) is 8.02. The van der Waals surface area contributed by atoms with Crippen LogP contribution >= 0.6 is 0 Å². The quantitative estimate of drug-likeness (QED) is 0.409. The summed E-state index contributed by atoms with van der Waals surface area (Å²) in [7, 11) is 0. The summed E-state index contributed by atoms with van der Waals surface area (Å²) in [6, 6.07) is 4.28. The minimum absolute atomic E-state index is 0.0482. The maximum atomic E-state index is 14.2. The van der Waals surface area contributed by atoms with Gasteiger partial charge in [-0.1, -0.05) is 13.8 Å². The average molecular weight is 541 g/mol. The molecule has 2 saturated heterocycles. The van der Waals surface area contributed by atoms with Crippen molar-refractivity contribution in [2.75, 3.05) is 37.6 Å². The van der Waals surface area contributed by atoms with E-state index in [0.717, 1.165) is 39.0 Å². The Morgan fingerprint density at radius 3 is 2.56 bits per heavy atom. The zero-order chi connectivity index (χ0) is 28.3. The Labute approximate surface area is 230 Å². The van der Waals surface area contributed by atoms with Crippen molar-refractivity contribution in [1.82, 2.24) is 25.0 Å². The molecule has 0 N–H and O–H groups in total. The Kier molecular flexibility index (Phi) is 8.83. The van der Waals surface area contributed by atoms with Gasteiger partial charge in [-0.05, 0) is 64.7 Å². The van der Waals surface area contributed by atoms with Gasteiger partial charge in [0.1, 0.15) is 23.7 Å². The number of aromatic nitrogens is 3. The molecule has 1 aromatic heterocycles. The Bertz CT molecular complexity index is 1180. The molecule has 0 saturated carbocycles. The molecule has 3 heterocycles. The summed E-state index contributed by atoms with van der Waals surface area (Å²) in [4.78, 5) is 35.7. The van der Waals surface area contributed by atoms with Gasteiger partial charge in [0, 0.05) is 56.6 Å². The highest BCUT2D eigenvalue weighted by Gasteiger charge is 2.50. The second kappa shape index (κ2) is 11.9. The fourth-order valence-corrected chi connectivity index (χ4v) is 6.01. The zero-order valence-electron chi connectivity index (χ0n) is 24.0. The number of Topliss-reactive ketones (excluding diaryl/α,β-unsaturated/α-hetero) is 1. The SMILES string of the molecule is CCN(C(=O)c1cc(F)ccc1Oc1nncnc1N1CCC2(C1)CN(C(CCC(C)=O)C(C)C)C2)C(C)C. The van der Waals surface area contributed by atoms with Gasteiger partial charge in [0.2, 0.25) is 0 Å². The van der Waals surface area contributed by atoms with Crippen LogP contribution in [0.25, 0.3) is 0 Å². The van der Waals surface area contributed by atoms with Crippen molar-refractivity contribution >= 4 is 17.5 Å². The van der Waals surface area contributed by atoms with Crippen molar-refractivity contribution in [2.24, 2.45) is 11.3 Å². The first-order valence-corrected chi connectivity index (χ1v) is 14.0. The Balaban J connectivity index is 1.50. The molecule has 212 valence electrons. The summed E-state index contributed by atoms with van der Waals surface area (Å²) in [6.07, 6.45) is 3.92. The summed E-state index contributed by atoms with van der Waals surface area (Å²) in [5.41, 5.74) is 0.293. The molecule has 1 amide bonds. The van der Waals surface area contributed by atoms with Gasteiger partial charge in [-0.3, -0.25) is 9.69 Å². The Morgan fingerprint density at radius 1 is 1.18 bits per heavy atom. The number of nitrogens with zero attached hydrogens (tertiary/aromatic N) is 6. The average Bonchev–Trinajstić information content (AvgIpc) is 3.30.